The SMILES string of the molecule is CC(C)(C)CC(C)(C)OOC(=O)CCNC(=O)c1ccc(N2CCC(Nc3ncccn3)CC2)c(F)c1. The molecular weight excluding hydrogens is 477 g/mol. The molecule has 1 saturated heterocycles. The molecule has 1 aliphatic heterocycles. The summed E-state index contributed by atoms with van der Waals surface area (Å²) in [6.45, 7) is 11.3. The second kappa shape index (κ2) is 12.3. The van der Waals surface area contributed by atoms with Crippen molar-refractivity contribution >= 4 is 23.5 Å². The molecule has 10 heteroatoms. The van der Waals surface area contributed by atoms with E-state index in [0.717, 1.165) is 12.8 Å². The van der Waals surface area contributed by atoms with E-state index in [0.29, 0.717) is 31.1 Å². The molecule has 1 aromatic heterocycles. The van der Waals surface area contributed by atoms with Gasteiger partial charge in [0.2, 0.25) is 5.95 Å². The van der Waals surface area contributed by atoms with Crippen LogP contribution in [0.4, 0.5) is 16.0 Å². The van der Waals surface area contributed by atoms with Crippen molar-refractivity contribution in [1.82, 2.24) is 15.3 Å². The molecule has 2 aromatic rings. The van der Waals surface area contributed by atoms with E-state index in [9.17, 15) is 14.0 Å². The molecule has 1 fully saturated rings. The number of carbonyl (C=O) groups is 2. The second-order valence-corrected chi connectivity index (χ2v) is 11.2. The fourth-order valence-electron chi connectivity index (χ4n) is 4.61. The molecule has 202 valence electrons. The maximum absolute atomic E-state index is 14.9. The van der Waals surface area contributed by atoms with Crippen LogP contribution in [-0.4, -0.2) is 53.1 Å². The van der Waals surface area contributed by atoms with Gasteiger partial charge in [0.25, 0.3) is 5.91 Å². The van der Waals surface area contributed by atoms with Crippen LogP contribution in [0.2, 0.25) is 0 Å². The van der Waals surface area contributed by atoms with Crippen molar-refractivity contribution in [3.05, 3.63) is 48.0 Å². The molecule has 2 heterocycles. The van der Waals surface area contributed by atoms with Crippen LogP contribution < -0.4 is 15.5 Å². The minimum absolute atomic E-state index is 0.0140. The number of piperidine rings is 1. The van der Waals surface area contributed by atoms with E-state index >= 15 is 0 Å². The quantitative estimate of drug-likeness (QED) is 0.352. The van der Waals surface area contributed by atoms with E-state index in [2.05, 4.69) is 41.4 Å². The molecule has 0 radical (unpaired) electrons. The Morgan fingerprint density at radius 3 is 2.41 bits per heavy atom. The normalized spacial score (nSPS) is 14.8. The maximum Gasteiger partial charge on any atom is 0.344 e. The zero-order valence-corrected chi connectivity index (χ0v) is 22.3. The number of nitrogens with zero attached hydrogens (tertiary/aromatic N) is 3. The number of hydrogen-bond donors (Lipinski definition) is 2. The third-order valence-electron chi connectivity index (χ3n) is 5.88. The zero-order chi connectivity index (χ0) is 27.1. The molecule has 3 rings (SSSR count). The van der Waals surface area contributed by atoms with Crippen LogP contribution in [0.5, 0.6) is 0 Å². The van der Waals surface area contributed by atoms with Crippen molar-refractivity contribution in [3.63, 3.8) is 0 Å². The van der Waals surface area contributed by atoms with Gasteiger partial charge < -0.3 is 15.5 Å². The van der Waals surface area contributed by atoms with Gasteiger partial charge in [-0.25, -0.2) is 19.2 Å². The average Bonchev–Trinajstić information content (AvgIpc) is 2.82. The summed E-state index contributed by atoms with van der Waals surface area (Å²) >= 11 is 0. The number of halogens is 1. The summed E-state index contributed by atoms with van der Waals surface area (Å²) in [5, 5.41) is 5.93. The van der Waals surface area contributed by atoms with Gasteiger partial charge in [0.1, 0.15) is 11.4 Å². The molecule has 0 saturated carbocycles. The van der Waals surface area contributed by atoms with Gasteiger partial charge in [0, 0.05) is 43.6 Å². The summed E-state index contributed by atoms with van der Waals surface area (Å²) in [5.74, 6) is -0.912. The van der Waals surface area contributed by atoms with Gasteiger partial charge in [-0.05, 0) is 62.8 Å². The first-order chi connectivity index (χ1) is 17.4. The Labute approximate surface area is 218 Å². The third kappa shape index (κ3) is 9.27. The number of hydrogen-bond acceptors (Lipinski definition) is 8. The molecular formula is C27H38FN5O4. The van der Waals surface area contributed by atoms with Crippen molar-refractivity contribution in [3.8, 4) is 0 Å². The first kappa shape index (κ1) is 28.3. The van der Waals surface area contributed by atoms with Crippen LogP contribution in [-0.2, 0) is 14.6 Å². The van der Waals surface area contributed by atoms with E-state index in [-0.39, 0.29) is 30.0 Å². The molecule has 0 bridgehead atoms. The van der Waals surface area contributed by atoms with Gasteiger partial charge in [-0.15, -0.1) is 0 Å². The lowest BCUT2D eigenvalue weighted by Crippen LogP contribution is -2.39. The number of amides is 1. The van der Waals surface area contributed by atoms with Gasteiger partial charge >= 0.3 is 5.97 Å². The van der Waals surface area contributed by atoms with Crippen LogP contribution in [0.15, 0.2) is 36.7 Å². The largest absolute Gasteiger partial charge is 0.369 e. The van der Waals surface area contributed by atoms with Crippen LogP contribution in [0.3, 0.4) is 0 Å². The molecule has 1 aliphatic rings. The fourth-order valence-corrected chi connectivity index (χ4v) is 4.61. The Morgan fingerprint density at radius 1 is 1.11 bits per heavy atom. The average molecular weight is 516 g/mol. The monoisotopic (exact) mass is 515 g/mol. The number of aromatic nitrogens is 2. The maximum atomic E-state index is 14.9. The van der Waals surface area contributed by atoms with Crippen LogP contribution in [0.25, 0.3) is 0 Å². The zero-order valence-electron chi connectivity index (χ0n) is 22.3. The molecule has 0 aliphatic carbocycles. The first-order valence-electron chi connectivity index (χ1n) is 12.7. The summed E-state index contributed by atoms with van der Waals surface area (Å²) in [4.78, 5) is 45.0. The van der Waals surface area contributed by atoms with Crippen molar-refractivity contribution in [2.24, 2.45) is 5.41 Å². The van der Waals surface area contributed by atoms with Crippen molar-refractivity contribution in [2.75, 3.05) is 29.9 Å². The lowest BCUT2D eigenvalue weighted by atomic mass is 9.84. The molecule has 1 aromatic carbocycles. The summed E-state index contributed by atoms with van der Waals surface area (Å²) in [6.07, 6.45) is 5.64. The van der Waals surface area contributed by atoms with Crippen LogP contribution in [0.1, 0.15) is 70.7 Å². The Kier molecular flexibility index (Phi) is 9.42. The summed E-state index contributed by atoms with van der Waals surface area (Å²) in [6, 6.07) is 6.42. The van der Waals surface area contributed by atoms with E-state index in [4.69, 9.17) is 9.78 Å². The first-order valence-corrected chi connectivity index (χ1v) is 12.7. The molecule has 37 heavy (non-hydrogen) atoms. The summed E-state index contributed by atoms with van der Waals surface area (Å²) in [5.41, 5.74) is 0.0399. The van der Waals surface area contributed by atoms with Gasteiger partial charge in [0.05, 0.1) is 12.1 Å². The lowest BCUT2D eigenvalue weighted by molar-refractivity contribution is -0.329. The molecule has 0 unspecified atom stereocenters. The van der Waals surface area contributed by atoms with E-state index in [1.165, 1.54) is 6.07 Å². The number of rotatable bonds is 10. The Bertz CT molecular complexity index is 1050. The Balaban J connectivity index is 1.42. The Morgan fingerprint density at radius 2 is 1.78 bits per heavy atom. The predicted molar refractivity (Wildman–Crippen MR) is 140 cm³/mol. The molecule has 0 atom stereocenters. The van der Waals surface area contributed by atoms with E-state index in [1.54, 1.807) is 30.6 Å². The minimum atomic E-state index is -0.626. The molecule has 0 spiro atoms. The minimum Gasteiger partial charge on any atom is -0.369 e. The van der Waals surface area contributed by atoms with Gasteiger partial charge in [-0.2, -0.15) is 4.89 Å². The summed E-state index contributed by atoms with van der Waals surface area (Å²) in [7, 11) is 0. The van der Waals surface area contributed by atoms with Gasteiger partial charge in [-0.3, -0.25) is 9.68 Å². The third-order valence-corrected chi connectivity index (χ3v) is 5.88. The molecule has 1 amide bonds. The van der Waals surface area contributed by atoms with Crippen LogP contribution >= 0.6 is 0 Å². The number of anilines is 2. The Hall–Kier alpha value is -3.27. The van der Waals surface area contributed by atoms with E-state index in [1.807, 2.05) is 18.7 Å². The topological polar surface area (TPSA) is 106 Å². The van der Waals surface area contributed by atoms with Gasteiger partial charge in [0.15, 0.2) is 0 Å². The van der Waals surface area contributed by atoms with Crippen molar-refractivity contribution in [1.29, 1.82) is 0 Å². The predicted octanol–water partition coefficient (Wildman–Crippen LogP) is 4.51. The number of nitrogens with one attached hydrogen (secondary N) is 2. The highest BCUT2D eigenvalue weighted by molar-refractivity contribution is 5.94. The second-order valence-electron chi connectivity index (χ2n) is 11.2. The lowest BCUT2D eigenvalue weighted by Gasteiger charge is -2.34. The van der Waals surface area contributed by atoms with Crippen molar-refractivity contribution < 1.29 is 23.8 Å². The van der Waals surface area contributed by atoms with Gasteiger partial charge in [-0.1, -0.05) is 20.8 Å². The highest BCUT2D eigenvalue weighted by Gasteiger charge is 2.29. The number of carbonyl (C=O) groups excluding carboxylic acids is 2. The number of benzene rings is 1. The van der Waals surface area contributed by atoms with Crippen molar-refractivity contribution in [2.45, 2.75) is 71.9 Å². The highest BCUT2D eigenvalue weighted by atomic mass is 19.1. The van der Waals surface area contributed by atoms with Crippen LogP contribution in [0, 0.1) is 11.2 Å². The van der Waals surface area contributed by atoms with E-state index < -0.39 is 23.3 Å². The highest BCUT2D eigenvalue weighted by Crippen LogP contribution is 2.29. The fraction of sp³-hybridized carbons (Fsp3) is 0.556. The molecule has 2 N–H and O–H groups in total. The standard InChI is InChI=1S/C27H38FN5O4/c1-26(2,3)18-27(4,5)37-36-23(34)9-14-29-24(35)19-7-8-22(21(28)17-19)33-15-10-20(11-16-33)32-25-30-12-6-13-31-25/h6-8,12-13,17,20H,9-11,14-16,18H2,1-5H3,(H,29,35)(H,30,31,32). The molecule has 9 nitrogen and oxygen atoms in total. The summed E-state index contributed by atoms with van der Waals surface area (Å²) < 4.78 is 14.9. The smallest absolute Gasteiger partial charge is 0.344 e.